The van der Waals surface area contributed by atoms with E-state index in [4.69, 9.17) is 4.74 Å². The number of hydrogen-bond acceptors (Lipinski definition) is 5. The molecule has 1 atom stereocenters. The average molecular weight is 290 g/mol. The highest BCUT2D eigenvalue weighted by Gasteiger charge is 2.20. The number of hydrogen-bond donors (Lipinski definition) is 2. The molecular weight excluding hydrogens is 268 g/mol. The van der Waals surface area contributed by atoms with Gasteiger partial charge in [0.25, 0.3) is 0 Å². The zero-order chi connectivity index (χ0) is 15.1. The molecule has 0 aliphatic carbocycles. The lowest BCUT2D eigenvalue weighted by molar-refractivity contribution is -0.122. The molecule has 6 nitrogen and oxygen atoms in total. The van der Waals surface area contributed by atoms with Crippen molar-refractivity contribution in [2.75, 3.05) is 12.3 Å². The highest BCUT2D eigenvalue weighted by Crippen LogP contribution is 2.06. The summed E-state index contributed by atoms with van der Waals surface area (Å²) in [5.41, 5.74) is -0.599. The van der Waals surface area contributed by atoms with Crippen LogP contribution < -0.4 is 10.6 Å². The number of rotatable bonds is 5. The van der Waals surface area contributed by atoms with Crippen LogP contribution in [0.1, 0.15) is 34.6 Å². The summed E-state index contributed by atoms with van der Waals surface area (Å²) in [7, 11) is 0. The summed E-state index contributed by atoms with van der Waals surface area (Å²) in [5.74, 6) is 0.204. The van der Waals surface area contributed by atoms with Crippen LogP contribution in [0.25, 0.3) is 0 Å². The summed E-state index contributed by atoms with van der Waals surface area (Å²) >= 11 is 1.14. The molecule has 0 saturated heterocycles. The molecule has 0 aliphatic heterocycles. The lowest BCUT2D eigenvalue weighted by Gasteiger charge is -2.21. The van der Waals surface area contributed by atoms with E-state index in [0.29, 0.717) is 12.3 Å². The number of thioether (sulfide) groups is 1. The van der Waals surface area contributed by atoms with Crippen LogP contribution in [0.4, 0.5) is 4.79 Å². The molecule has 0 aromatic heterocycles. The summed E-state index contributed by atoms with van der Waals surface area (Å²) in [6.45, 7) is 8.66. The van der Waals surface area contributed by atoms with E-state index in [1.807, 2.05) is 0 Å². The van der Waals surface area contributed by atoms with Crippen LogP contribution in [-0.4, -0.2) is 41.1 Å². The molecule has 0 spiro atoms. The Morgan fingerprint density at radius 1 is 1.26 bits per heavy atom. The normalized spacial score (nSPS) is 12.5. The highest BCUT2D eigenvalue weighted by atomic mass is 32.2. The fourth-order valence-corrected chi connectivity index (χ4v) is 1.56. The van der Waals surface area contributed by atoms with E-state index in [1.165, 1.54) is 6.92 Å². The van der Waals surface area contributed by atoms with Crippen LogP contribution >= 0.6 is 11.8 Å². The molecular formula is C12H22N2O4S. The Kier molecular flexibility index (Phi) is 7.51. The highest BCUT2D eigenvalue weighted by molar-refractivity contribution is 8.13. The number of amides is 2. The molecule has 0 radical (unpaired) electrons. The number of carbonyl (C=O) groups is 3. The van der Waals surface area contributed by atoms with Gasteiger partial charge in [0.15, 0.2) is 5.12 Å². The van der Waals surface area contributed by atoms with Gasteiger partial charge in [0.1, 0.15) is 11.6 Å². The second-order valence-corrected chi connectivity index (χ2v) is 6.27. The minimum atomic E-state index is -0.683. The van der Waals surface area contributed by atoms with Crippen molar-refractivity contribution in [3.63, 3.8) is 0 Å². The van der Waals surface area contributed by atoms with E-state index in [2.05, 4.69) is 10.6 Å². The van der Waals surface area contributed by atoms with E-state index >= 15 is 0 Å². The van der Waals surface area contributed by atoms with Crippen LogP contribution in [0.2, 0.25) is 0 Å². The average Bonchev–Trinajstić information content (AvgIpc) is 2.20. The van der Waals surface area contributed by atoms with Crippen LogP contribution in [0.5, 0.6) is 0 Å². The van der Waals surface area contributed by atoms with Gasteiger partial charge in [-0.15, -0.1) is 0 Å². The molecule has 0 heterocycles. The van der Waals surface area contributed by atoms with E-state index in [1.54, 1.807) is 27.7 Å². The van der Waals surface area contributed by atoms with Gasteiger partial charge in [-0.25, -0.2) is 4.79 Å². The van der Waals surface area contributed by atoms with Crippen LogP contribution in [-0.2, 0) is 14.3 Å². The molecule has 0 aliphatic rings. The molecule has 0 aromatic rings. The van der Waals surface area contributed by atoms with E-state index in [9.17, 15) is 14.4 Å². The van der Waals surface area contributed by atoms with Crippen LogP contribution in [0, 0.1) is 0 Å². The van der Waals surface area contributed by atoms with Gasteiger partial charge in [0.2, 0.25) is 5.91 Å². The smallest absolute Gasteiger partial charge is 0.408 e. The molecule has 19 heavy (non-hydrogen) atoms. The molecule has 2 N–H and O–H groups in total. The van der Waals surface area contributed by atoms with Crippen molar-refractivity contribution in [3.8, 4) is 0 Å². The summed E-state index contributed by atoms with van der Waals surface area (Å²) in [6.07, 6.45) is -0.631. The third-order valence-corrected chi connectivity index (χ3v) is 2.65. The molecule has 0 bridgehead atoms. The number of carbonyl (C=O) groups excluding carboxylic acids is 3. The summed E-state index contributed by atoms with van der Waals surface area (Å²) < 4.78 is 5.04. The third-order valence-electron chi connectivity index (χ3n) is 1.83. The van der Waals surface area contributed by atoms with Gasteiger partial charge in [-0.1, -0.05) is 11.8 Å². The standard InChI is InChI=1S/C12H22N2O4S/c1-8(14-11(17)18-12(3,4)5)10(16)13-6-7-19-9(2)15/h8H,6-7H2,1-5H3,(H,13,16)(H,14,17)/t8-/m0/s1. The molecule has 0 rings (SSSR count). The first-order valence-electron chi connectivity index (χ1n) is 6.02. The fourth-order valence-electron chi connectivity index (χ4n) is 1.07. The number of alkyl carbamates (subject to hydrolysis) is 1. The number of ether oxygens (including phenoxy) is 1. The maximum atomic E-state index is 11.6. The maximum absolute atomic E-state index is 11.6. The third kappa shape index (κ3) is 10.4. The molecule has 0 fully saturated rings. The Balaban J connectivity index is 3.93. The van der Waals surface area contributed by atoms with Gasteiger partial charge in [0.05, 0.1) is 0 Å². The lowest BCUT2D eigenvalue weighted by Crippen LogP contribution is -2.46. The first kappa shape index (κ1) is 17.8. The minimum Gasteiger partial charge on any atom is -0.444 e. The predicted molar refractivity (Wildman–Crippen MR) is 75.0 cm³/mol. The van der Waals surface area contributed by atoms with Gasteiger partial charge in [0, 0.05) is 19.2 Å². The van der Waals surface area contributed by atoms with Gasteiger partial charge in [-0.3, -0.25) is 9.59 Å². The predicted octanol–water partition coefficient (Wildman–Crippen LogP) is 1.30. The first-order valence-corrected chi connectivity index (χ1v) is 7.01. The van der Waals surface area contributed by atoms with E-state index in [0.717, 1.165) is 11.8 Å². The minimum absolute atomic E-state index is 0.00850. The molecule has 7 heteroatoms. The molecule has 0 unspecified atom stereocenters. The quantitative estimate of drug-likeness (QED) is 0.745. The maximum Gasteiger partial charge on any atom is 0.408 e. The van der Waals surface area contributed by atoms with Crippen molar-refractivity contribution in [2.45, 2.75) is 46.3 Å². The Morgan fingerprint density at radius 2 is 1.84 bits per heavy atom. The summed E-state index contributed by atoms with van der Waals surface area (Å²) in [6, 6.07) is -0.683. The van der Waals surface area contributed by atoms with Gasteiger partial charge in [-0.05, 0) is 27.7 Å². The van der Waals surface area contributed by atoms with Crippen molar-refractivity contribution in [3.05, 3.63) is 0 Å². The zero-order valence-electron chi connectivity index (χ0n) is 12.0. The summed E-state index contributed by atoms with van der Waals surface area (Å²) in [4.78, 5) is 33.7. The van der Waals surface area contributed by atoms with Gasteiger partial charge in [-0.2, -0.15) is 0 Å². The van der Waals surface area contributed by atoms with Crippen LogP contribution in [0.15, 0.2) is 0 Å². The van der Waals surface area contributed by atoms with Crippen molar-refractivity contribution in [2.24, 2.45) is 0 Å². The second-order valence-electron chi connectivity index (χ2n) is 5.00. The molecule has 2 amide bonds. The summed E-state index contributed by atoms with van der Waals surface area (Å²) in [5, 5.41) is 5.07. The van der Waals surface area contributed by atoms with Crippen molar-refractivity contribution in [1.29, 1.82) is 0 Å². The Labute approximate surface area is 118 Å². The lowest BCUT2D eigenvalue weighted by atomic mass is 10.2. The molecule has 110 valence electrons. The van der Waals surface area contributed by atoms with Gasteiger partial charge >= 0.3 is 6.09 Å². The topological polar surface area (TPSA) is 84.5 Å². The van der Waals surface area contributed by atoms with Crippen molar-refractivity contribution in [1.82, 2.24) is 10.6 Å². The Morgan fingerprint density at radius 3 is 2.32 bits per heavy atom. The van der Waals surface area contributed by atoms with Crippen molar-refractivity contribution >= 4 is 28.9 Å². The first-order chi connectivity index (χ1) is 8.61. The van der Waals surface area contributed by atoms with Crippen molar-refractivity contribution < 1.29 is 19.1 Å². The van der Waals surface area contributed by atoms with Gasteiger partial charge < -0.3 is 15.4 Å². The van der Waals surface area contributed by atoms with Crippen LogP contribution in [0.3, 0.4) is 0 Å². The van der Waals surface area contributed by atoms with E-state index in [-0.39, 0.29) is 11.0 Å². The molecule has 0 aromatic carbocycles. The van der Waals surface area contributed by atoms with E-state index < -0.39 is 17.7 Å². The monoisotopic (exact) mass is 290 g/mol. The zero-order valence-corrected chi connectivity index (χ0v) is 12.8. The fraction of sp³-hybridized carbons (Fsp3) is 0.750. The number of nitrogens with one attached hydrogen (secondary N) is 2. The SMILES string of the molecule is CC(=O)SCCNC(=O)[C@H](C)NC(=O)OC(C)(C)C. The Bertz CT molecular complexity index is 339. The molecule has 0 saturated carbocycles. The Hall–Kier alpha value is -1.24. The largest absolute Gasteiger partial charge is 0.444 e. The second kappa shape index (κ2) is 8.04.